The van der Waals surface area contributed by atoms with Crippen molar-refractivity contribution in [3.63, 3.8) is 0 Å². The van der Waals surface area contributed by atoms with Crippen molar-refractivity contribution in [1.82, 2.24) is 4.90 Å². The average Bonchev–Trinajstić information content (AvgIpc) is 2.84. The van der Waals surface area contributed by atoms with E-state index in [2.05, 4.69) is 68.6 Å². The summed E-state index contributed by atoms with van der Waals surface area (Å²) in [5.41, 5.74) is 1.86. The molecule has 2 heteroatoms. The normalized spacial score (nSPS) is 22.6. The maximum Gasteiger partial charge on any atom is 0.00509 e. The Balaban J connectivity index is 1.92. The smallest absolute Gasteiger partial charge is 0.00509 e. The van der Waals surface area contributed by atoms with Crippen LogP contribution in [0.4, 0.5) is 0 Å². The van der Waals surface area contributed by atoms with E-state index < -0.39 is 0 Å². The van der Waals surface area contributed by atoms with Crippen LogP contribution < -0.4 is 0 Å². The molecule has 0 N–H and O–H groups in total. The molecule has 0 aromatic heterocycles. The molecule has 2 rings (SSSR count). The Morgan fingerprint density at radius 2 is 1.95 bits per heavy atom. The van der Waals surface area contributed by atoms with Crippen LogP contribution >= 0.6 is 12.6 Å². The van der Waals surface area contributed by atoms with Crippen molar-refractivity contribution in [2.45, 2.75) is 33.1 Å². The topological polar surface area (TPSA) is 3.24 Å². The van der Waals surface area contributed by atoms with E-state index in [4.69, 9.17) is 0 Å². The van der Waals surface area contributed by atoms with Crippen LogP contribution in [0, 0.1) is 11.3 Å². The van der Waals surface area contributed by atoms with E-state index in [1.807, 2.05) is 0 Å². The molecule has 106 valence electrons. The summed E-state index contributed by atoms with van der Waals surface area (Å²) in [4.78, 5) is 2.63. The molecule has 0 saturated carbocycles. The monoisotopic (exact) mass is 277 g/mol. The van der Waals surface area contributed by atoms with Crippen molar-refractivity contribution in [3.8, 4) is 0 Å². The molecule has 19 heavy (non-hydrogen) atoms. The first-order chi connectivity index (χ1) is 9.00. The Hall–Kier alpha value is -0.470. The molecule has 2 atom stereocenters. The highest BCUT2D eigenvalue weighted by Crippen LogP contribution is 2.32. The minimum atomic E-state index is 0.354. The summed E-state index contributed by atoms with van der Waals surface area (Å²) >= 11 is 4.55. The zero-order valence-electron chi connectivity index (χ0n) is 12.5. The molecule has 1 saturated heterocycles. The largest absolute Gasteiger partial charge is 0.302 e. The van der Waals surface area contributed by atoms with Crippen LogP contribution in [0.5, 0.6) is 0 Å². The second-order valence-electron chi connectivity index (χ2n) is 6.90. The first-order valence-corrected chi connectivity index (χ1v) is 8.02. The number of benzene rings is 1. The van der Waals surface area contributed by atoms with Gasteiger partial charge in [0.2, 0.25) is 0 Å². The van der Waals surface area contributed by atoms with E-state index >= 15 is 0 Å². The minimum absolute atomic E-state index is 0.354. The van der Waals surface area contributed by atoms with Gasteiger partial charge in [0, 0.05) is 13.1 Å². The van der Waals surface area contributed by atoms with Crippen LogP contribution in [0.25, 0.3) is 0 Å². The maximum atomic E-state index is 4.55. The molecular weight excluding hydrogens is 250 g/mol. The van der Waals surface area contributed by atoms with Gasteiger partial charge >= 0.3 is 0 Å². The molecule has 1 aliphatic heterocycles. The molecule has 0 bridgehead atoms. The zero-order chi connectivity index (χ0) is 13.9. The van der Waals surface area contributed by atoms with Gasteiger partial charge in [0.25, 0.3) is 0 Å². The number of thiol groups is 1. The molecule has 1 heterocycles. The fraction of sp³-hybridized carbons (Fsp3) is 0.647. The summed E-state index contributed by atoms with van der Waals surface area (Å²) in [6.45, 7) is 10.6. The van der Waals surface area contributed by atoms with Gasteiger partial charge in [0.05, 0.1) is 0 Å². The molecule has 1 fully saturated rings. The van der Waals surface area contributed by atoms with E-state index in [9.17, 15) is 0 Å². The first kappa shape index (κ1) is 14.9. The predicted molar refractivity (Wildman–Crippen MR) is 87.0 cm³/mol. The van der Waals surface area contributed by atoms with Gasteiger partial charge in [-0.05, 0) is 41.5 Å². The van der Waals surface area contributed by atoms with Crippen molar-refractivity contribution >= 4 is 12.6 Å². The average molecular weight is 277 g/mol. The predicted octanol–water partition coefficient (Wildman–Crippen LogP) is 4.07. The lowest BCUT2D eigenvalue weighted by Crippen LogP contribution is -2.35. The van der Waals surface area contributed by atoms with Gasteiger partial charge < -0.3 is 4.90 Å². The van der Waals surface area contributed by atoms with E-state index in [1.165, 1.54) is 31.6 Å². The lowest BCUT2D eigenvalue weighted by molar-refractivity contribution is 0.186. The van der Waals surface area contributed by atoms with Crippen LogP contribution in [-0.2, 0) is 0 Å². The van der Waals surface area contributed by atoms with Crippen LogP contribution in [0.3, 0.4) is 0 Å². The second-order valence-corrected chi connectivity index (χ2v) is 7.27. The third-order valence-corrected chi connectivity index (χ3v) is 4.91. The summed E-state index contributed by atoms with van der Waals surface area (Å²) in [6.07, 6.45) is 1.30. The standard InChI is InChI=1S/C17H27NS/c1-17(2,3)16(13-19)12-18-10-9-15(11-18)14-7-5-4-6-8-14/h4-8,15-16,19H,9-13H2,1-3H3. The van der Waals surface area contributed by atoms with Gasteiger partial charge in [-0.1, -0.05) is 51.1 Å². The van der Waals surface area contributed by atoms with Crippen molar-refractivity contribution in [1.29, 1.82) is 0 Å². The van der Waals surface area contributed by atoms with Gasteiger partial charge in [0.1, 0.15) is 0 Å². The van der Waals surface area contributed by atoms with E-state index in [1.54, 1.807) is 0 Å². The fourth-order valence-corrected chi connectivity index (χ4v) is 3.58. The highest BCUT2D eigenvalue weighted by atomic mass is 32.1. The van der Waals surface area contributed by atoms with Gasteiger partial charge in [-0.15, -0.1) is 0 Å². The summed E-state index contributed by atoms with van der Waals surface area (Å²) in [5.74, 6) is 2.38. The summed E-state index contributed by atoms with van der Waals surface area (Å²) < 4.78 is 0. The number of hydrogen-bond donors (Lipinski definition) is 1. The molecule has 1 aromatic carbocycles. The highest BCUT2D eigenvalue weighted by molar-refractivity contribution is 7.80. The molecular formula is C17H27NS. The lowest BCUT2D eigenvalue weighted by Gasteiger charge is -2.33. The van der Waals surface area contributed by atoms with Crippen LogP contribution in [0.1, 0.15) is 38.7 Å². The van der Waals surface area contributed by atoms with Crippen LogP contribution in [0.2, 0.25) is 0 Å². The summed E-state index contributed by atoms with van der Waals surface area (Å²) in [7, 11) is 0. The van der Waals surface area contributed by atoms with E-state index in [0.29, 0.717) is 11.3 Å². The van der Waals surface area contributed by atoms with Gasteiger partial charge in [-0.25, -0.2) is 0 Å². The quantitative estimate of drug-likeness (QED) is 0.812. The SMILES string of the molecule is CC(C)(C)C(CS)CN1CCC(c2ccccc2)C1. The highest BCUT2D eigenvalue weighted by Gasteiger charge is 2.29. The van der Waals surface area contributed by atoms with Crippen LogP contribution in [0.15, 0.2) is 30.3 Å². The van der Waals surface area contributed by atoms with Crippen molar-refractivity contribution in [2.24, 2.45) is 11.3 Å². The first-order valence-electron chi connectivity index (χ1n) is 7.39. The van der Waals surface area contributed by atoms with E-state index in [-0.39, 0.29) is 0 Å². The van der Waals surface area contributed by atoms with Crippen molar-refractivity contribution < 1.29 is 0 Å². The maximum absolute atomic E-state index is 4.55. The Morgan fingerprint density at radius 3 is 2.53 bits per heavy atom. The van der Waals surface area contributed by atoms with E-state index in [0.717, 1.165) is 11.7 Å². The third kappa shape index (κ3) is 4.00. The van der Waals surface area contributed by atoms with Gasteiger partial charge in [0.15, 0.2) is 0 Å². The Morgan fingerprint density at radius 1 is 1.26 bits per heavy atom. The molecule has 0 amide bonds. The number of likely N-dealkylation sites (tertiary alicyclic amines) is 1. The molecule has 1 nitrogen and oxygen atoms in total. The minimum Gasteiger partial charge on any atom is -0.302 e. The number of rotatable bonds is 4. The van der Waals surface area contributed by atoms with Crippen molar-refractivity contribution in [3.05, 3.63) is 35.9 Å². The molecule has 1 aromatic rings. The Bertz CT molecular complexity index is 382. The van der Waals surface area contributed by atoms with Gasteiger partial charge in [-0.2, -0.15) is 12.6 Å². The number of nitrogens with zero attached hydrogens (tertiary/aromatic N) is 1. The lowest BCUT2D eigenvalue weighted by atomic mass is 9.81. The van der Waals surface area contributed by atoms with Gasteiger partial charge in [-0.3, -0.25) is 0 Å². The zero-order valence-corrected chi connectivity index (χ0v) is 13.4. The molecule has 0 spiro atoms. The second kappa shape index (κ2) is 6.32. The third-order valence-electron chi connectivity index (χ3n) is 4.47. The summed E-state index contributed by atoms with van der Waals surface area (Å²) in [5, 5.41) is 0. The number of hydrogen-bond acceptors (Lipinski definition) is 2. The van der Waals surface area contributed by atoms with Crippen molar-refractivity contribution in [2.75, 3.05) is 25.4 Å². The Kier molecular flexibility index (Phi) is 4.97. The van der Waals surface area contributed by atoms with Crippen LogP contribution in [-0.4, -0.2) is 30.3 Å². The molecule has 0 radical (unpaired) electrons. The molecule has 0 aliphatic carbocycles. The fourth-order valence-electron chi connectivity index (χ4n) is 2.91. The Labute approximate surface area is 123 Å². The molecule has 2 unspecified atom stereocenters. The molecule has 1 aliphatic rings. The summed E-state index contributed by atoms with van der Waals surface area (Å²) in [6, 6.07) is 11.0.